The molecule has 0 saturated carbocycles. The standard InChI is InChI=1S/C18H21N5O3/c1-4-9-23-17(25)15(16(24)19-18(23)26)14-10-13(20-21-14)11-5-7-12(8-6-11)22(2)3/h4-8,13,20,25H,1,9-10H2,2-3H3,(H,19,24,26)/t13-/m1/s1. The number of aromatic hydroxyl groups is 1. The van der Waals surface area contributed by atoms with Crippen molar-refractivity contribution in [2.24, 2.45) is 5.10 Å². The number of rotatable bonds is 5. The molecule has 1 aromatic heterocycles. The summed E-state index contributed by atoms with van der Waals surface area (Å²) in [4.78, 5) is 28.3. The Morgan fingerprint density at radius 3 is 2.65 bits per heavy atom. The smallest absolute Gasteiger partial charge is 0.331 e. The molecule has 0 radical (unpaired) electrons. The molecule has 136 valence electrons. The van der Waals surface area contributed by atoms with E-state index in [1.54, 1.807) is 0 Å². The van der Waals surface area contributed by atoms with Crippen molar-refractivity contribution >= 4 is 11.4 Å². The number of H-pyrrole nitrogens is 1. The zero-order valence-electron chi connectivity index (χ0n) is 14.7. The first-order chi connectivity index (χ1) is 12.4. The normalized spacial score (nSPS) is 16.1. The van der Waals surface area contributed by atoms with E-state index in [0.717, 1.165) is 15.8 Å². The summed E-state index contributed by atoms with van der Waals surface area (Å²) in [7, 11) is 3.94. The summed E-state index contributed by atoms with van der Waals surface area (Å²) in [5, 5.41) is 14.6. The summed E-state index contributed by atoms with van der Waals surface area (Å²) in [5.41, 5.74) is 4.17. The van der Waals surface area contributed by atoms with Crippen molar-refractivity contribution in [1.82, 2.24) is 15.0 Å². The van der Waals surface area contributed by atoms with Gasteiger partial charge in [-0.2, -0.15) is 5.10 Å². The average molecular weight is 355 g/mol. The van der Waals surface area contributed by atoms with Gasteiger partial charge in [0.2, 0.25) is 5.88 Å². The molecule has 2 aromatic rings. The lowest BCUT2D eigenvalue weighted by Crippen LogP contribution is -2.33. The first kappa shape index (κ1) is 17.5. The van der Waals surface area contributed by atoms with Crippen molar-refractivity contribution in [3.63, 3.8) is 0 Å². The predicted octanol–water partition coefficient (Wildman–Crippen LogP) is 0.933. The third kappa shape index (κ3) is 3.13. The lowest BCUT2D eigenvalue weighted by atomic mass is 10.00. The molecule has 26 heavy (non-hydrogen) atoms. The summed E-state index contributed by atoms with van der Waals surface area (Å²) in [5.74, 6) is -0.400. The van der Waals surface area contributed by atoms with E-state index < -0.39 is 17.1 Å². The number of aromatic nitrogens is 2. The number of hydrazone groups is 1. The minimum Gasteiger partial charge on any atom is -0.494 e. The van der Waals surface area contributed by atoms with Crippen molar-refractivity contribution in [3.8, 4) is 5.88 Å². The summed E-state index contributed by atoms with van der Waals surface area (Å²) >= 11 is 0. The van der Waals surface area contributed by atoms with E-state index in [4.69, 9.17) is 0 Å². The van der Waals surface area contributed by atoms with Crippen molar-refractivity contribution < 1.29 is 5.11 Å². The van der Waals surface area contributed by atoms with Crippen LogP contribution in [0.5, 0.6) is 5.88 Å². The first-order valence-electron chi connectivity index (χ1n) is 8.19. The number of anilines is 1. The third-order valence-corrected chi connectivity index (χ3v) is 4.34. The monoisotopic (exact) mass is 355 g/mol. The Kier molecular flexibility index (Phi) is 4.66. The van der Waals surface area contributed by atoms with Gasteiger partial charge in [0.05, 0.1) is 11.8 Å². The molecule has 1 aliphatic rings. The summed E-state index contributed by atoms with van der Waals surface area (Å²) in [6, 6.07) is 7.88. The van der Waals surface area contributed by atoms with Gasteiger partial charge < -0.3 is 15.4 Å². The molecule has 0 bridgehead atoms. The molecule has 0 unspecified atom stereocenters. The lowest BCUT2D eigenvalue weighted by Gasteiger charge is -2.15. The first-order valence-corrected chi connectivity index (χ1v) is 8.19. The van der Waals surface area contributed by atoms with Crippen LogP contribution in [0.4, 0.5) is 5.69 Å². The van der Waals surface area contributed by atoms with E-state index in [1.807, 2.05) is 43.3 Å². The van der Waals surface area contributed by atoms with E-state index in [2.05, 4.69) is 22.1 Å². The summed E-state index contributed by atoms with van der Waals surface area (Å²) < 4.78 is 1.05. The molecular weight excluding hydrogens is 334 g/mol. The van der Waals surface area contributed by atoms with E-state index in [0.29, 0.717) is 12.1 Å². The maximum Gasteiger partial charge on any atom is 0.331 e. The van der Waals surface area contributed by atoms with Crippen LogP contribution in [0.15, 0.2) is 51.6 Å². The largest absolute Gasteiger partial charge is 0.494 e. The van der Waals surface area contributed by atoms with Crippen molar-refractivity contribution in [1.29, 1.82) is 0 Å². The van der Waals surface area contributed by atoms with Gasteiger partial charge >= 0.3 is 5.69 Å². The van der Waals surface area contributed by atoms with Crippen LogP contribution >= 0.6 is 0 Å². The topological polar surface area (TPSA) is 103 Å². The van der Waals surface area contributed by atoms with Gasteiger partial charge in [-0.3, -0.25) is 14.3 Å². The zero-order valence-corrected chi connectivity index (χ0v) is 14.7. The molecule has 0 fully saturated rings. The number of hydrogen-bond donors (Lipinski definition) is 3. The van der Waals surface area contributed by atoms with Crippen LogP contribution < -0.4 is 21.6 Å². The minimum atomic E-state index is -0.682. The number of nitrogens with zero attached hydrogens (tertiary/aromatic N) is 3. The number of benzene rings is 1. The maximum absolute atomic E-state index is 12.2. The zero-order chi connectivity index (χ0) is 18.8. The van der Waals surface area contributed by atoms with E-state index in [-0.39, 0.29) is 18.2 Å². The molecule has 8 heteroatoms. The molecule has 0 aliphatic carbocycles. The highest BCUT2D eigenvalue weighted by Gasteiger charge is 2.27. The van der Waals surface area contributed by atoms with Gasteiger partial charge in [0.1, 0.15) is 5.56 Å². The van der Waals surface area contributed by atoms with Crippen molar-refractivity contribution in [3.05, 3.63) is 68.9 Å². The third-order valence-electron chi connectivity index (χ3n) is 4.34. The Bertz CT molecular complexity index is 970. The number of aromatic amines is 1. The second-order valence-corrected chi connectivity index (χ2v) is 6.29. The Balaban J connectivity index is 1.89. The molecule has 8 nitrogen and oxygen atoms in total. The van der Waals surface area contributed by atoms with Gasteiger partial charge in [-0.05, 0) is 17.7 Å². The molecule has 1 aliphatic heterocycles. The summed E-state index contributed by atoms with van der Waals surface area (Å²) in [6.07, 6.45) is 1.89. The Morgan fingerprint density at radius 1 is 1.35 bits per heavy atom. The predicted molar refractivity (Wildman–Crippen MR) is 101 cm³/mol. The number of allylic oxidation sites excluding steroid dienone is 1. The van der Waals surface area contributed by atoms with Crippen molar-refractivity contribution in [2.45, 2.75) is 19.0 Å². The Labute approximate surface area is 150 Å². The van der Waals surface area contributed by atoms with Crippen molar-refractivity contribution in [2.75, 3.05) is 19.0 Å². The number of nitrogens with one attached hydrogen (secondary N) is 2. The Morgan fingerprint density at radius 2 is 2.04 bits per heavy atom. The van der Waals surface area contributed by atoms with Gasteiger partial charge in [-0.1, -0.05) is 18.2 Å². The second kappa shape index (κ2) is 6.91. The van der Waals surface area contributed by atoms with Gasteiger partial charge in [0.15, 0.2) is 0 Å². The molecule has 1 atom stereocenters. The molecule has 0 amide bonds. The highest BCUT2D eigenvalue weighted by atomic mass is 16.3. The Hall–Kier alpha value is -3.29. The van der Waals surface area contributed by atoms with Crippen LogP contribution in [0.1, 0.15) is 23.6 Å². The van der Waals surface area contributed by atoms with E-state index >= 15 is 0 Å². The van der Waals surface area contributed by atoms with E-state index in [9.17, 15) is 14.7 Å². The van der Waals surface area contributed by atoms with Gasteiger partial charge in [-0.25, -0.2) is 4.79 Å². The van der Waals surface area contributed by atoms with Crippen LogP contribution in [0.25, 0.3) is 0 Å². The number of hydrogen-bond acceptors (Lipinski definition) is 6. The maximum atomic E-state index is 12.2. The fraction of sp³-hybridized carbons (Fsp3) is 0.278. The fourth-order valence-corrected chi connectivity index (χ4v) is 2.91. The molecule has 0 spiro atoms. The minimum absolute atomic E-state index is 0.00589. The van der Waals surface area contributed by atoms with Crippen LogP contribution in [-0.4, -0.2) is 34.5 Å². The highest BCUT2D eigenvalue weighted by molar-refractivity contribution is 6.03. The molecule has 3 rings (SSSR count). The van der Waals surface area contributed by atoms with Crippen LogP contribution in [-0.2, 0) is 6.54 Å². The van der Waals surface area contributed by atoms with Crippen LogP contribution in [0.2, 0.25) is 0 Å². The molecule has 2 heterocycles. The quantitative estimate of drug-likeness (QED) is 0.693. The van der Waals surface area contributed by atoms with E-state index in [1.165, 1.54) is 6.08 Å². The fourth-order valence-electron chi connectivity index (χ4n) is 2.91. The van der Waals surface area contributed by atoms with Gasteiger partial charge in [0.25, 0.3) is 5.56 Å². The molecule has 3 N–H and O–H groups in total. The average Bonchev–Trinajstić information content (AvgIpc) is 3.08. The molecular formula is C18H21N5O3. The molecule has 0 saturated heterocycles. The SMILES string of the molecule is C=CCn1c(O)c(C2=NN[C@@H](c3ccc(N(C)C)cc3)C2)c(=O)[nH]c1=O. The second-order valence-electron chi connectivity index (χ2n) is 6.29. The van der Waals surface area contributed by atoms with Gasteiger partial charge in [0, 0.05) is 32.7 Å². The summed E-state index contributed by atoms with van der Waals surface area (Å²) in [6.45, 7) is 3.64. The molecule has 1 aromatic carbocycles. The lowest BCUT2D eigenvalue weighted by molar-refractivity contribution is 0.409. The van der Waals surface area contributed by atoms with Crippen LogP contribution in [0, 0.1) is 0 Å². The van der Waals surface area contributed by atoms with Gasteiger partial charge in [-0.15, -0.1) is 6.58 Å². The van der Waals surface area contributed by atoms with Crippen LogP contribution in [0.3, 0.4) is 0 Å². The highest BCUT2D eigenvalue weighted by Crippen LogP contribution is 2.27.